The summed E-state index contributed by atoms with van der Waals surface area (Å²) in [4.78, 5) is 11.4. The minimum atomic E-state index is -0.151. The van der Waals surface area contributed by atoms with Gasteiger partial charge in [-0.3, -0.25) is 4.79 Å². The number of hydrogen-bond donors (Lipinski definition) is 1. The fraction of sp³-hybridized carbons (Fsp3) is 0.462. The average Bonchev–Trinajstić information content (AvgIpc) is 2.86. The second kappa shape index (κ2) is 6.59. The Morgan fingerprint density at radius 1 is 1.50 bits per heavy atom. The van der Waals surface area contributed by atoms with Crippen LogP contribution in [-0.4, -0.2) is 30.9 Å². The maximum atomic E-state index is 11.4. The molecule has 0 bridgehead atoms. The van der Waals surface area contributed by atoms with Gasteiger partial charge in [0.05, 0.1) is 7.11 Å². The van der Waals surface area contributed by atoms with Gasteiger partial charge in [0.25, 0.3) is 0 Å². The third-order valence-corrected chi connectivity index (χ3v) is 4.83. The molecule has 2 atom stereocenters. The summed E-state index contributed by atoms with van der Waals surface area (Å²) in [6.45, 7) is 0.876. The van der Waals surface area contributed by atoms with Gasteiger partial charge in [0.2, 0.25) is 0 Å². The first-order chi connectivity index (χ1) is 8.69. The fourth-order valence-electron chi connectivity index (χ4n) is 1.95. The number of benzene rings is 1. The number of esters is 1. The Morgan fingerprint density at radius 3 is 2.89 bits per heavy atom. The zero-order valence-electron chi connectivity index (χ0n) is 10.2. The maximum absolute atomic E-state index is 11.4. The van der Waals surface area contributed by atoms with Gasteiger partial charge in [-0.15, -0.1) is 0 Å². The number of carbonyl (C=O) groups is 1. The van der Waals surface area contributed by atoms with E-state index >= 15 is 0 Å². The van der Waals surface area contributed by atoms with Crippen molar-refractivity contribution < 1.29 is 9.53 Å². The SMILES string of the molecule is COC(=O)[C@@H]1C[C@H](SCc2ccc(Br)cc2)CN1. The molecule has 1 N–H and O–H groups in total. The van der Waals surface area contributed by atoms with Crippen molar-refractivity contribution in [2.45, 2.75) is 23.5 Å². The highest BCUT2D eigenvalue weighted by molar-refractivity contribution is 9.10. The van der Waals surface area contributed by atoms with Crippen molar-refractivity contribution in [1.29, 1.82) is 0 Å². The molecule has 1 aliphatic heterocycles. The highest BCUT2D eigenvalue weighted by Gasteiger charge is 2.30. The molecule has 0 aromatic heterocycles. The van der Waals surface area contributed by atoms with E-state index in [-0.39, 0.29) is 12.0 Å². The number of carbonyl (C=O) groups excluding carboxylic acids is 1. The van der Waals surface area contributed by atoms with E-state index < -0.39 is 0 Å². The second-order valence-corrected chi connectivity index (χ2v) is 6.48. The van der Waals surface area contributed by atoms with Crippen molar-refractivity contribution in [3.63, 3.8) is 0 Å². The molecule has 0 aliphatic carbocycles. The summed E-state index contributed by atoms with van der Waals surface area (Å²) in [7, 11) is 1.44. The molecule has 1 saturated heterocycles. The summed E-state index contributed by atoms with van der Waals surface area (Å²) in [6.07, 6.45) is 0.855. The van der Waals surface area contributed by atoms with E-state index in [1.807, 2.05) is 11.8 Å². The predicted octanol–water partition coefficient (Wildman–Crippen LogP) is 2.59. The first-order valence-corrected chi connectivity index (χ1v) is 7.70. The zero-order chi connectivity index (χ0) is 13.0. The van der Waals surface area contributed by atoms with Crippen molar-refractivity contribution in [1.82, 2.24) is 5.32 Å². The minimum absolute atomic E-state index is 0.127. The predicted molar refractivity (Wildman–Crippen MR) is 77.6 cm³/mol. The zero-order valence-corrected chi connectivity index (χ0v) is 12.6. The van der Waals surface area contributed by atoms with Crippen LogP contribution in [0.5, 0.6) is 0 Å². The number of rotatable bonds is 4. The van der Waals surface area contributed by atoms with Crippen molar-refractivity contribution in [3.8, 4) is 0 Å². The lowest BCUT2D eigenvalue weighted by Crippen LogP contribution is -2.31. The minimum Gasteiger partial charge on any atom is -0.468 e. The van der Waals surface area contributed by atoms with E-state index in [9.17, 15) is 4.79 Å². The molecule has 0 unspecified atom stereocenters. The molecule has 0 amide bonds. The number of thioether (sulfide) groups is 1. The van der Waals surface area contributed by atoms with E-state index in [0.717, 1.165) is 23.2 Å². The van der Waals surface area contributed by atoms with Gasteiger partial charge in [0.15, 0.2) is 0 Å². The Bertz CT molecular complexity index is 410. The Hall–Kier alpha value is -0.520. The molecule has 18 heavy (non-hydrogen) atoms. The van der Waals surface area contributed by atoms with Gasteiger partial charge in [-0.25, -0.2) is 0 Å². The molecule has 5 heteroatoms. The normalized spacial score (nSPS) is 23.0. The molecule has 1 fully saturated rings. The summed E-state index contributed by atoms with van der Waals surface area (Å²) in [5.41, 5.74) is 1.31. The van der Waals surface area contributed by atoms with Gasteiger partial charge in [-0.05, 0) is 24.1 Å². The smallest absolute Gasteiger partial charge is 0.322 e. The van der Waals surface area contributed by atoms with Crippen LogP contribution in [0.3, 0.4) is 0 Å². The number of halogens is 1. The first-order valence-electron chi connectivity index (χ1n) is 5.86. The molecule has 98 valence electrons. The van der Waals surface area contributed by atoms with Crippen LogP contribution in [0.1, 0.15) is 12.0 Å². The number of ether oxygens (including phenoxy) is 1. The van der Waals surface area contributed by atoms with Gasteiger partial charge in [0.1, 0.15) is 6.04 Å². The Balaban J connectivity index is 1.78. The number of methoxy groups -OCH3 is 1. The molecular formula is C13H16BrNO2S. The molecule has 1 aliphatic rings. The van der Waals surface area contributed by atoms with Crippen LogP contribution in [-0.2, 0) is 15.3 Å². The van der Waals surface area contributed by atoms with Gasteiger partial charge in [-0.1, -0.05) is 28.1 Å². The average molecular weight is 330 g/mol. The standard InChI is InChI=1S/C13H16BrNO2S/c1-17-13(16)12-6-11(7-15-12)18-8-9-2-4-10(14)5-3-9/h2-5,11-12,15H,6-8H2,1H3/t11-,12-/m0/s1. The molecule has 1 heterocycles. The summed E-state index contributed by atoms with van der Waals surface area (Å²) >= 11 is 5.32. The van der Waals surface area contributed by atoms with E-state index in [0.29, 0.717) is 5.25 Å². The van der Waals surface area contributed by atoms with Crippen LogP contribution >= 0.6 is 27.7 Å². The van der Waals surface area contributed by atoms with E-state index in [1.165, 1.54) is 12.7 Å². The lowest BCUT2D eigenvalue weighted by atomic mass is 10.2. The van der Waals surface area contributed by atoms with Crippen LogP contribution in [0.2, 0.25) is 0 Å². The third-order valence-electron chi connectivity index (χ3n) is 2.98. The topological polar surface area (TPSA) is 38.3 Å². The van der Waals surface area contributed by atoms with Crippen molar-refractivity contribution in [3.05, 3.63) is 34.3 Å². The highest BCUT2D eigenvalue weighted by Crippen LogP contribution is 2.25. The lowest BCUT2D eigenvalue weighted by molar-refractivity contribution is -0.142. The summed E-state index contributed by atoms with van der Waals surface area (Å²) in [5, 5.41) is 3.68. The van der Waals surface area contributed by atoms with E-state index in [2.05, 4.69) is 45.5 Å². The third kappa shape index (κ3) is 3.73. The van der Waals surface area contributed by atoms with Gasteiger partial charge < -0.3 is 10.1 Å². The van der Waals surface area contributed by atoms with Crippen LogP contribution in [0.15, 0.2) is 28.7 Å². The Kier molecular flexibility index (Phi) is 5.09. The van der Waals surface area contributed by atoms with E-state index in [4.69, 9.17) is 4.74 Å². The molecule has 1 aromatic carbocycles. The molecule has 1 aromatic rings. The van der Waals surface area contributed by atoms with Crippen LogP contribution in [0.4, 0.5) is 0 Å². The quantitative estimate of drug-likeness (QED) is 0.862. The van der Waals surface area contributed by atoms with Gasteiger partial charge in [0, 0.05) is 22.0 Å². The molecule has 0 saturated carbocycles. The van der Waals surface area contributed by atoms with Crippen molar-refractivity contribution in [2.24, 2.45) is 0 Å². The van der Waals surface area contributed by atoms with Crippen LogP contribution in [0.25, 0.3) is 0 Å². The molecule has 2 rings (SSSR count). The maximum Gasteiger partial charge on any atom is 0.322 e. The highest BCUT2D eigenvalue weighted by atomic mass is 79.9. The summed E-state index contributed by atoms with van der Waals surface area (Å²) in [6, 6.07) is 8.23. The fourth-order valence-corrected chi connectivity index (χ4v) is 3.37. The first kappa shape index (κ1) is 13.9. The Morgan fingerprint density at radius 2 is 2.22 bits per heavy atom. The van der Waals surface area contributed by atoms with Crippen molar-refractivity contribution >= 4 is 33.7 Å². The number of hydrogen-bond acceptors (Lipinski definition) is 4. The summed E-state index contributed by atoms with van der Waals surface area (Å²) < 4.78 is 5.84. The molecule has 0 radical (unpaired) electrons. The van der Waals surface area contributed by atoms with Gasteiger partial charge in [-0.2, -0.15) is 11.8 Å². The molecular weight excluding hydrogens is 314 g/mol. The molecule has 0 spiro atoms. The Labute approximate surface area is 120 Å². The van der Waals surface area contributed by atoms with Gasteiger partial charge >= 0.3 is 5.97 Å². The van der Waals surface area contributed by atoms with Crippen LogP contribution in [0, 0.1) is 0 Å². The van der Waals surface area contributed by atoms with Crippen molar-refractivity contribution in [2.75, 3.05) is 13.7 Å². The molecule has 3 nitrogen and oxygen atoms in total. The largest absolute Gasteiger partial charge is 0.468 e. The van der Waals surface area contributed by atoms with E-state index in [1.54, 1.807) is 0 Å². The summed E-state index contributed by atoms with van der Waals surface area (Å²) in [5.74, 6) is 0.829. The van der Waals surface area contributed by atoms with Crippen LogP contribution < -0.4 is 5.32 Å². The lowest BCUT2D eigenvalue weighted by Gasteiger charge is -2.09. The number of nitrogens with one attached hydrogen (secondary N) is 1. The second-order valence-electron chi connectivity index (χ2n) is 4.28. The monoisotopic (exact) mass is 329 g/mol.